The number of hydrogen-bond donors (Lipinski definition) is 2. The maximum atomic E-state index is 10.3. The van der Waals surface area contributed by atoms with Gasteiger partial charge in [-0.3, -0.25) is 4.79 Å². The number of carboxylic acid groups (broad SMARTS) is 1. The molecule has 0 amide bonds. The topological polar surface area (TPSA) is 58.6 Å². The average Bonchev–Trinajstić information content (AvgIpc) is 2.27. The van der Waals surface area contributed by atoms with Crippen LogP contribution in [0, 0.1) is 20.8 Å². The SMILES string of the molecule is Cc1ccc(C)c(OCCNCC(=O)O)c1C. The van der Waals surface area contributed by atoms with E-state index >= 15 is 0 Å². The highest BCUT2D eigenvalue weighted by Crippen LogP contribution is 2.25. The Hall–Kier alpha value is -1.55. The van der Waals surface area contributed by atoms with Gasteiger partial charge in [-0.15, -0.1) is 0 Å². The third kappa shape index (κ3) is 4.07. The molecule has 94 valence electrons. The van der Waals surface area contributed by atoms with Gasteiger partial charge < -0.3 is 15.2 Å². The standard InChI is InChI=1S/C13H19NO3/c1-9-4-5-10(2)13(11(9)3)17-7-6-14-8-12(15)16/h4-5,14H,6-8H2,1-3H3,(H,15,16). The van der Waals surface area contributed by atoms with Crippen molar-refractivity contribution in [3.63, 3.8) is 0 Å². The van der Waals surface area contributed by atoms with Gasteiger partial charge in [-0.1, -0.05) is 12.1 Å². The van der Waals surface area contributed by atoms with Crippen molar-refractivity contribution in [1.82, 2.24) is 5.32 Å². The number of aryl methyl sites for hydroxylation is 2. The summed E-state index contributed by atoms with van der Waals surface area (Å²) in [4.78, 5) is 10.3. The molecule has 0 saturated carbocycles. The van der Waals surface area contributed by atoms with E-state index in [1.807, 2.05) is 26.8 Å². The van der Waals surface area contributed by atoms with Gasteiger partial charge in [0.05, 0.1) is 6.54 Å². The molecule has 0 saturated heterocycles. The van der Waals surface area contributed by atoms with Gasteiger partial charge >= 0.3 is 5.97 Å². The lowest BCUT2D eigenvalue weighted by atomic mass is 10.1. The lowest BCUT2D eigenvalue weighted by Gasteiger charge is -2.13. The number of benzene rings is 1. The van der Waals surface area contributed by atoms with E-state index in [0.717, 1.165) is 16.9 Å². The number of nitrogens with one attached hydrogen (secondary N) is 1. The Kier molecular flexibility index (Phi) is 4.97. The van der Waals surface area contributed by atoms with Crippen molar-refractivity contribution in [2.24, 2.45) is 0 Å². The zero-order valence-electron chi connectivity index (χ0n) is 10.5. The van der Waals surface area contributed by atoms with E-state index in [9.17, 15) is 4.79 Å². The van der Waals surface area contributed by atoms with E-state index in [2.05, 4.69) is 11.4 Å². The average molecular weight is 237 g/mol. The van der Waals surface area contributed by atoms with Crippen molar-refractivity contribution in [3.8, 4) is 5.75 Å². The molecule has 2 N–H and O–H groups in total. The van der Waals surface area contributed by atoms with Crippen LogP contribution in [0.25, 0.3) is 0 Å². The quantitative estimate of drug-likeness (QED) is 0.739. The second-order valence-electron chi connectivity index (χ2n) is 4.07. The smallest absolute Gasteiger partial charge is 0.317 e. The Labute approximate surface area is 102 Å². The summed E-state index contributed by atoms with van der Waals surface area (Å²) in [6.07, 6.45) is 0. The number of hydrogen-bond acceptors (Lipinski definition) is 3. The summed E-state index contributed by atoms with van der Waals surface area (Å²) >= 11 is 0. The summed E-state index contributed by atoms with van der Waals surface area (Å²) in [7, 11) is 0. The third-order valence-electron chi connectivity index (χ3n) is 2.68. The Morgan fingerprint density at radius 1 is 1.29 bits per heavy atom. The first-order valence-corrected chi connectivity index (χ1v) is 5.64. The fourth-order valence-electron chi connectivity index (χ4n) is 1.57. The van der Waals surface area contributed by atoms with Crippen LogP contribution in [0.3, 0.4) is 0 Å². The lowest BCUT2D eigenvalue weighted by Crippen LogP contribution is -2.27. The van der Waals surface area contributed by atoms with Crippen molar-refractivity contribution in [2.45, 2.75) is 20.8 Å². The lowest BCUT2D eigenvalue weighted by molar-refractivity contribution is -0.135. The molecular formula is C13H19NO3. The van der Waals surface area contributed by atoms with E-state index in [0.29, 0.717) is 13.2 Å². The van der Waals surface area contributed by atoms with Gasteiger partial charge in [-0.2, -0.15) is 0 Å². The first-order chi connectivity index (χ1) is 8.02. The van der Waals surface area contributed by atoms with Crippen LogP contribution >= 0.6 is 0 Å². The second kappa shape index (κ2) is 6.25. The zero-order chi connectivity index (χ0) is 12.8. The predicted molar refractivity (Wildman–Crippen MR) is 66.7 cm³/mol. The molecule has 0 atom stereocenters. The highest BCUT2D eigenvalue weighted by Gasteiger charge is 2.05. The predicted octanol–water partition coefficient (Wildman–Crippen LogP) is 1.66. The third-order valence-corrected chi connectivity index (χ3v) is 2.68. The largest absolute Gasteiger partial charge is 0.492 e. The number of rotatable bonds is 6. The first-order valence-electron chi connectivity index (χ1n) is 5.64. The van der Waals surface area contributed by atoms with E-state index in [4.69, 9.17) is 9.84 Å². The molecule has 1 aromatic carbocycles. The summed E-state index contributed by atoms with van der Waals surface area (Å²) in [5, 5.41) is 11.2. The summed E-state index contributed by atoms with van der Waals surface area (Å²) in [5.41, 5.74) is 3.44. The molecule has 0 bridgehead atoms. The highest BCUT2D eigenvalue weighted by atomic mass is 16.5. The molecule has 17 heavy (non-hydrogen) atoms. The van der Waals surface area contributed by atoms with Gasteiger partial charge in [0, 0.05) is 6.54 Å². The molecule has 0 heterocycles. The van der Waals surface area contributed by atoms with Crippen LogP contribution in [-0.2, 0) is 4.79 Å². The Balaban J connectivity index is 2.46. The zero-order valence-corrected chi connectivity index (χ0v) is 10.5. The van der Waals surface area contributed by atoms with Gasteiger partial charge in [-0.05, 0) is 37.5 Å². The monoisotopic (exact) mass is 237 g/mol. The van der Waals surface area contributed by atoms with E-state index in [1.54, 1.807) is 0 Å². The van der Waals surface area contributed by atoms with E-state index in [1.165, 1.54) is 5.56 Å². The minimum atomic E-state index is -0.854. The molecule has 0 aliphatic heterocycles. The minimum absolute atomic E-state index is 0.0326. The van der Waals surface area contributed by atoms with Crippen molar-refractivity contribution < 1.29 is 14.6 Å². The molecule has 4 nitrogen and oxygen atoms in total. The van der Waals surface area contributed by atoms with Crippen LogP contribution in [0.2, 0.25) is 0 Å². The minimum Gasteiger partial charge on any atom is -0.492 e. The molecular weight excluding hydrogens is 218 g/mol. The summed E-state index contributed by atoms with van der Waals surface area (Å²) in [6.45, 7) is 7.05. The first kappa shape index (κ1) is 13.5. The van der Waals surface area contributed by atoms with Crippen LogP contribution in [-0.4, -0.2) is 30.8 Å². The van der Waals surface area contributed by atoms with Gasteiger partial charge in [0.1, 0.15) is 12.4 Å². The molecule has 1 rings (SSSR count). The van der Waals surface area contributed by atoms with Gasteiger partial charge in [0.2, 0.25) is 0 Å². The fraction of sp³-hybridized carbons (Fsp3) is 0.462. The number of ether oxygens (including phenoxy) is 1. The molecule has 0 aromatic heterocycles. The van der Waals surface area contributed by atoms with Crippen LogP contribution in [0.15, 0.2) is 12.1 Å². The molecule has 4 heteroatoms. The summed E-state index contributed by atoms with van der Waals surface area (Å²) < 4.78 is 5.67. The van der Waals surface area contributed by atoms with Crippen molar-refractivity contribution >= 4 is 5.97 Å². The summed E-state index contributed by atoms with van der Waals surface area (Å²) in [6, 6.07) is 4.10. The number of carbonyl (C=O) groups is 1. The molecule has 0 unspecified atom stereocenters. The Morgan fingerprint density at radius 3 is 2.59 bits per heavy atom. The molecule has 0 fully saturated rings. The molecule has 0 aliphatic carbocycles. The molecule has 0 spiro atoms. The summed E-state index contributed by atoms with van der Waals surface area (Å²) in [5.74, 6) is 0.0510. The van der Waals surface area contributed by atoms with Gasteiger partial charge in [0.15, 0.2) is 0 Å². The Bertz CT molecular complexity index is 402. The molecule has 1 aromatic rings. The maximum absolute atomic E-state index is 10.3. The van der Waals surface area contributed by atoms with Gasteiger partial charge in [0.25, 0.3) is 0 Å². The highest BCUT2D eigenvalue weighted by molar-refractivity contribution is 5.68. The van der Waals surface area contributed by atoms with Crippen LogP contribution < -0.4 is 10.1 Å². The van der Waals surface area contributed by atoms with Gasteiger partial charge in [-0.25, -0.2) is 0 Å². The van der Waals surface area contributed by atoms with E-state index in [-0.39, 0.29) is 6.54 Å². The van der Waals surface area contributed by atoms with Crippen LogP contribution in [0.4, 0.5) is 0 Å². The fourth-order valence-corrected chi connectivity index (χ4v) is 1.57. The maximum Gasteiger partial charge on any atom is 0.317 e. The van der Waals surface area contributed by atoms with E-state index < -0.39 is 5.97 Å². The normalized spacial score (nSPS) is 10.3. The van der Waals surface area contributed by atoms with Crippen molar-refractivity contribution in [2.75, 3.05) is 19.7 Å². The second-order valence-corrected chi connectivity index (χ2v) is 4.07. The van der Waals surface area contributed by atoms with Crippen LogP contribution in [0.5, 0.6) is 5.75 Å². The number of aliphatic carboxylic acids is 1. The number of carboxylic acids is 1. The molecule has 0 radical (unpaired) electrons. The van der Waals surface area contributed by atoms with Crippen LogP contribution in [0.1, 0.15) is 16.7 Å². The Morgan fingerprint density at radius 2 is 1.94 bits per heavy atom. The van der Waals surface area contributed by atoms with Crippen molar-refractivity contribution in [1.29, 1.82) is 0 Å². The van der Waals surface area contributed by atoms with Crippen molar-refractivity contribution in [3.05, 3.63) is 28.8 Å². The molecule has 0 aliphatic rings.